The topological polar surface area (TPSA) is 24.9 Å². The van der Waals surface area contributed by atoms with E-state index in [2.05, 4.69) is 54.2 Å². The molecule has 0 radical (unpaired) electrons. The molecule has 102 valence electrons. The van der Waals surface area contributed by atoms with Gasteiger partial charge in [0.05, 0.1) is 9.48 Å². The van der Waals surface area contributed by atoms with Gasteiger partial charge in [0.25, 0.3) is 0 Å². The summed E-state index contributed by atoms with van der Waals surface area (Å²) in [5, 5.41) is 4.28. The molecule has 0 spiro atoms. The molecular formula is C15H19BrN2S. The number of hydrogen-bond acceptors (Lipinski definition) is 3. The van der Waals surface area contributed by atoms with Crippen molar-refractivity contribution in [3.05, 3.63) is 38.3 Å². The molecule has 1 aromatic heterocycles. The fourth-order valence-corrected chi connectivity index (χ4v) is 4.12. The maximum Gasteiger partial charge on any atom is 0.125 e. The lowest BCUT2D eigenvalue weighted by atomic mass is 10.0. The van der Waals surface area contributed by atoms with Crippen LogP contribution in [0, 0.1) is 20.8 Å². The van der Waals surface area contributed by atoms with Crippen molar-refractivity contribution in [3.63, 3.8) is 0 Å². The van der Waals surface area contributed by atoms with E-state index in [1.165, 1.54) is 22.3 Å². The van der Waals surface area contributed by atoms with E-state index in [9.17, 15) is 0 Å². The minimum atomic E-state index is 0.952. The maximum absolute atomic E-state index is 4.80. The number of rotatable bonds is 4. The molecule has 0 saturated carbocycles. The summed E-state index contributed by atoms with van der Waals surface area (Å²) in [5.74, 6) is 0. The highest BCUT2D eigenvalue weighted by Gasteiger charge is 2.14. The number of thiazole rings is 1. The Labute approximate surface area is 127 Å². The molecule has 0 atom stereocenters. The minimum absolute atomic E-state index is 0.952. The summed E-state index contributed by atoms with van der Waals surface area (Å²) in [6, 6.07) is 4.45. The second-order valence-corrected chi connectivity index (χ2v) is 7.18. The van der Waals surface area contributed by atoms with Gasteiger partial charge in [0.1, 0.15) is 5.01 Å². The Balaban J connectivity index is 2.42. The summed E-state index contributed by atoms with van der Waals surface area (Å²) in [6.07, 6.45) is 0.956. The van der Waals surface area contributed by atoms with E-state index in [-0.39, 0.29) is 0 Å². The Bertz CT molecular complexity index is 567. The van der Waals surface area contributed by atoms with Crippen molar-refractivity contribution in [2.75, 3.05) is 13.6 Å². The van der Waals surface area contributed by atoms with Gasteiger partial charge in [-0.15, -0.1) is 11.3 Å². The molecule has 4 heteroatoms. The highest BCUT2D eigenvalue weighted by Crippen LogP contribution is 2.36. The van der Waals surface area contributed by atoms with Crippen LogP contribution in [-0.4, -0.2) is 18.6 Å². The first-order chi connectivity index (χ1) is 9.02. The van der Waals surface area contributed by atoms with E-state index in [4.69, 9.17) is 4.98 Å². The van der Waals surface area contributed by atoms with Crippen LogP contribution >= 0.6 is 27.3 Å². The van der Waals surface area contributed by atoms with Crippen molar-refractivity contribution in [1.82, 2.24) is 10.3 Å². The molecular weight excluding hydrogens is 320 g/mol. The molecule has 2 aromatic rings. The third-order valence-corrected chi connectivity index (χ3v) is 5.00. The van der Waals surface area contributed by atoms with Crippen molar-refractivity contribution in [1.29, 1.82) is 0 Å². The predicted octanol–water partition coefficient (Wildman–Crippen LogP) is 4.26. The van der Waals surface area contributed by atoms with E-state index in [1.54, 1.807) is 11.3 Å². The Hall–Kier alpha value is -0.710. The van der Waals surface area contributed by atoms with Crippen LogP contribution in [0.5, 0.6) is 0 Å². The number of likely N-dealkylation sites (N-methyl/N-ethyl adjacent to an activating group) is 1. The lowest BCUT2D eigenvalue weighted by molar-refractivity contribution is 0.778. The lowest BCUT2D eigenvalue weighted by Gasteiger charge is -2.08. The summed E-state index contributed by atoms with van der Waals surface area (Å²) in [7, 11) is 1.97. The van der Waals surface area contributed by atoms with Crippen molar-refractivity contribution in [3.8, 4) is 10.6 Å². The number of hydrogen-bond donors (Lipinski definition) is 1. The van der Waals surface area contributed by atoms with Gasteiger partial charge in [-0.05, 0) is 54.9 Å². The van der Waals surface area contributed by atoms with E-state index >= 15 is 0 Å². The van der Waals surface area contributed by atoms with Gasteiger partial charge in [-0.1, -0.05) is 17.7 Å². The number of aryl methyl sites for hydroxylation is 3. The van der Waals surface area contributed by atoms with Gasteiger partial charge in [-0.2, -0.15) is 0 Å². The van der Waals surface area contributed by atoms with Gasteiger partial charge in [0, 0.05) is 18.5 Å². The summed E-state index contributed by atoms with van der Waals surface area (Å²) in [5.41, 5.74) is 6.35. The standard InChI is InChI=1S/C15H19BrN2S/c1-9-7-10(2)13(11(3)8-9)15-18-12(5-6-17-4)14(16)19-15/h7-8,17H,5-6H2,1-4H3. The molecule has 0 aliphatic heterocycles. The van der Waals surface area contributed by atoms with E-state index < -0.39 is 0 Å². The maximum atomic E-state index is 4.80. The predicted molar refractivity (Wildman–Crippen MR) is 87.1 cm³/mol. The molecule has 1 aromatic carbocycles. The van der Waals surface area contributed by atoms with Gasteiger partial charge < -0.3 is 5.32 Å². The van der Waals surface area contributed by atoms with Gasteiger partial charge in [0.15, 0.2) is 0 Å². The molecule has 2 rings (SSSR count). The van der Waals surface area contributed by atoms with Crippen LogP contribution in [0.4, 0.5) is 0 Å². The fraction of sp³-hybridized carbons (Fsp3) is 0.400. The van der Waals surface area contributed by atoms with Crippen molar-refractivity contribution >= 4 is 27.3 Å². The van der Waals surface area contributed by atoms with Crippen LogP contribution in [-0.2, 0) is 6.42 Å². The minimum Gasteiger partial charge on any atom is -0.319 e. The molecule has 0 unspecified atom stereocenters. The van der Waals surface area contributed by atoms with E-state index in [0.29, 0.717) is 0 Å². The summed E-state index contributed by atoms with van der Waals surface area (Å²) in [6.45, 7) is 7.42. The van der Waals surface area contributed by atoms with Gasteiger partial charge in [-0.3, -0.25) is 0 Å². The molecule has 1 N–H and O–H groups in total. The molecule has 1 heterocycles. The van der Waals surface area contributed by atoms with Crippen molar-refractivity contribution in [2.45, 2.75) is 27.2 Å². The van der Waals surface area contributed by atoms with Crippen LogP contribution in [0.3, 0.4) is 0 Å². The van der Waals surface area contributed by atoms with Crippen LogP contribution in [0.25, 0.3) is 10.6 Å². The van der Waals surface area contributed by atoms with Crippen LogP contribution in [0.2, 0.25) is 0 Å². The molecule has 0 bridgehead atoms. The van der Waals surface area contributed by atoms with Crippen molar-refractivity contribution < 1.29 is 0 Å². The number of halogens is 1. The first-order valence-corrected chi connectivity index (χ1v) is 8.02. The van der Waals surface area contributed by atoms with E-state index in [0.717, 1.165) is 27.5 Å². The Morgan fingerprint density at radius 1 is 1.21 bits per heavy atom. The number of benzene rings is 1. The monoisotopic (exact) mass is 338 g/mol. The quantitative estimate of drug-likeness (QED) is 0.900. The average Bonchev–Trinajstić information content (AvgIpc) is 2.66. The van der Waals surface area contributed by atoms with Gasteiger partial charge >= 0.3 is 0 Å². The number of nitrogens with zero attached hydrogens (tertiary/aromatic N) is 1. The zero-order valence-corrected chi connectivity index (χ0v) is 14.2. The second-order valence-electron chi connectivity index (χ2n) is 4.87. The highest BCUT2D eigenvalue weighted by atomic mass is 79.9. The van der Waals surface area contributed by atoms with Crippen LogP contribution in [0.15, 0.2) is 15.9 Å². The van der Waals surface area contributed by atoms with E-state index in [1.807, 2.05) is 7.05 Å². The summed E-state index contributed by atoms with van der Waals surface area (Å²) >= 11 is 5.37. The average molecular weight is 339 g/mol. The third-order valence-electron chi connectivity index (χ3n) is 3.15. The molecule has 0 fully saturated rings. The van der Waals surface area contributed by atoms with Gasteiger partial charge in [0.2, 0.25) is 0 Å². The molecule has 2 nitrogen and oxygen atoms in total. The lowest BCUT2D eigenvalue weighted by Crippen LogP contribution is -2.10. The fourth-order valence-electron chi connectivity index (χ4n) is 2.36. The first kappa shape index (κ1) is 14.7. The largest absolute Gasteiger partial charge is 0.319 e. The molecule has 0 aliphatic rings. The Morgan fingerprint density at radius 2 is 1.84 bits per heavy atom. The third kappa shape index (κ3) is 3.25. The Morgan fingerprint density at radius 3 is 2.42 bits per heavy atom. The van der Waals surface area contributed by atoms with Gasteiger partial charge in [-0.25, -0.2) is 4.98 Å². The molecule has 0 saturated heterocycles. The first-order valence-electron chi connectivity index (χ1n) is 6.41. The highest BCUT2D eigenvalue weighted by molar-refractivity contribution is 9.11. The van der Waals surface area contributed by atoms with Crippen LogP contribution < -0.4 is 5.32 Å². The molecule has 0 amide bonds. The van der Waals surface area contributed by atoms with Crippen LogP contribution in [0.1, 0.15) is 22.4 Å². The zero-order valence-electron chi connectivity index (χ0n) is 11.8. The van der Waals surface area contributed by atoms with Crippen molar-refractivity contribution in [2.24, 2.45) is 0 Å². The summed E-state index contributed by atoms with van der Waals surface area (Å²) < 4.78 is 1.15. The smallest absolute Gasteiger partial charge is 0.125 e. The zero-order chi connectivity index (χ0) is 14.0. The Kier molecular flexibility index (Phi) is 4.76. The molecule has 0 aliphatic carbocycles. The molecule has 19 heavy (non-hydrogen) atoms. The number of nitrogens with one attached hydrogen (secondary N) is 1. The SMILES string of the molecule is CNCCc1nc(-c2c(C)cc(C)cc2C)sc1Br. The second kappa shape index (κ2) is 6.16. The summed E-state index contributed by atoms with van der Waals surface area (Å²) in [4.78, 5) is 4.80. The number of aromatic nitrogens is 1. The normalized spacial score (nSPS) is 11.0.